The maximum Gasteiger partial charge on any atom is 0.573 e. The van der Waals surface area contributed by atoms with Crippen molar-refractivity contribution in [2.45, 2.75) is 44.9 Å². The van der Waals surface area contributed by atoms with E-state index >= 15 is 0 Å². The molecule has 0 spiro atoms. The number of amides is 1. The Kier molecular flexibility index (Phi) is 9.19. The van der Waals surface area contributed by atoms with Gasteiger partial charge in [0.05, 0.1) is 23.7 Å². The fraction of sp³-hybridized carbons (Fsp3) is 0.312. The molecule has 2 aliphatic rings. The number of benzene rings is 3. The lowest BCUT2D eigenvalue weighted by atomic mass is 10.0. The third-order valence-electron chi connectivity index (χ3n) is 7.43. The molecule has 1 N–H and O–H groups in total. The highest BCUT2D eigenvalue weighted by Crippen LogP contribution is 2.36. The molecule has 1 unspecified atom stereocenters. The summed E-state index contributed by atoms with van der Waals surface area (Å²) in [6.07, 6.45) is 0.367. The molecule has 9 nitrogen and oxygen atoms in total. The number of aromatic nitrogens is 3. The van der Waals surface area contributed by atoms with Gasteiger partial charge in [-0.25, -0.2) is 14.7 Å². The highest BCUT2D eigenvalue weighted by molar-refractivity contribution is 8.15. The molecule has 1 atom stereocenters. The summed E-state index contributed by atoms with van der Waals surface area (Å²) in [7, 11) is 0. The summed E-state index contributed by atoms with van der Waals surface area (Å²) in [6.45, 7) is 0.203. The molecule has 13 heteroatoms. The fourth-order valence-electron chi connectivity index (χ4n) is 4.96. The predicted molar refractivity (Wildman–Crippen MR) is 164 cm³/mol. The highest BCUT2D eigenvalue weighted by Gasteiger charge is 2.32. The van der Waals surface area contributed by atoms with Crippen LogP contribution in [0.15, 0.2) is 84.1 Å². The first-order valence-electron chi connectivity index (χ1n) is 14.5. The Labute approximate surface area is 261 Å². The molecule has 2 fully saturated rings. The SMILES string of the molecule is O=C1CS/C(=N\C(O)OCCc2ccc(-c3ncn(-c4ccc(OC(F)(F)F)cc4)n3)cc2)N1c1ccccc1CCC1CC1. The first kappa shape index (κ1) is 30.8. The molecule has 1 saturated carbocycles. The van der Waals surface area contributed by atoms with E-state index in [1.54, 1.807) is 4.90 Å². The number of alkyl halides is 3. The van der Waals surface area contributed by atoms with Crippen LogP contribution in [0.1, 0.15) is 30.4 Å². The van der Waals surface area contributed by atoms with Gasteiger partial charge in [-0.1, -0.05) is 67.1 Å². The Bertz CT molecular complexity index is 1660. The molecular weight excluding hydrogens is 607 g/mol. The second-order valence-corrected chi connectivity index (χ2v) is 11.7. The molecule has 1 saturated heterocycles. The van der Waals surface area contributed by atoms with E-state index in [1.807, 2.05) is 48.5 Å². The van der Waals surface area contributed by atoms with Gasteiger partial charge in [0.1, 0.15) is 12.1 Å². The molecule has 0 bridgehead atoms. The summed E-state index contributed by atoms with van der Waals surface area (Å²) in [4.78, 5) is 23.0. The number of carbonyl (C=O) groups is 1. The van der Waals surface area contributed by atoms with Crippen LogP contribution in [0.3, 0.4) is 0 Å². The van der Waals surface area contributed by atoms with Crippen LogP contribution in [0.2, 0.25) is 0 Å². The van der Waals surface area contributed by atoms with Gasteiger partial charge < -0.3 is 14.6 Å². The maximum absolute atomic E-state index is 12.8. The largest absolute Gasteiger partial charge is 0.573 e. The van der Waals surface area contributed by atoms with Crippen LogP contribution in [0, 0.1) is 5.92 Å². The zero-order valence-electron chi connectivity index (χ0n) is 24.1. The number of halogens is 3. The molecular formula is C32H30F3N5O4S. The molecule has 0 radical (unpaired) electrons. The molecule has 2 heterocycles. The summed E-state index contributed by atoms with van der Waals surface area (Å²) in [6, 6.07) is 20.7. The number of aliphatic hydroxyl groups is 1. The van der Waals surface area contributed by atoms with Gasteiger partial charge in [-0.05, 0) is 66.6 Å². The Hall–Kier alpha value is -4.20. The number of aryl methyl sites for hydroxylation is 1. The number of hydrogen-bond donors (Lipinski definition) is 1. The van der Waals surface area contributed by atoms with E-state index in [4.69, 9.17) is 4.74 Å². The normalized spacial score (nSPS) is 16.8. The molecule has 45 heavy (non-hydrogen) atoms. The van der Waals surface area contributed by atoms with Crippen LogP contribution in [0.25, 0.3) is 17.1 Å². The molecule has 1 aliphatic carbocycles. The van der Waals surface area contributed by atoms with Gasteiger partial charge in [-0.3, -0.25) is 9.69 Å². The molecule has 3 aromatic carbocycles. The Balaban J connectivity index is 1.02. The molecule has 4 aromatic rings. The van der Waals surface area contributed by atoms with Crippen molar-refractivity contribution >= 4 is 28.5 Å². The van der Waals surface area contributed by atoms with Crippen LogP contribution in [-0.2, 0) is 22.4 Å². The summed E-state index contributed by atoms with van der Waals surface area (Å²) in [5.41, 5.74) is 4.15. The lowest BCUT2D eigenvalue weighted by molar-refractivity contribution is -0.274. The van der Waals surface area contributed by atoms with E-state index in [0.717, 1.165) is 41.1 Å². The number of nitrogens with zero attached hydrogens (tertiary/aromatic N) is 5. The van der Waals surface area contributed by atoms with Gasteiger partial charge in [-0.2, -0.15) is 0 Å². The van der Waals surface area contributed by atoms with Crippen molar-refractivity contribution in [2.75, 3.05) is 17.3 Å². The maximum atomic E-state index is 12.8. The van der Waals surface area contributed by atoms with Crippen molar-refractivity contribution in [3.63, 3.8) is 0 Å². The van der Waals surface area contributed by atoms with Gasteiger partial charge in [0, 0.05) is 5.56 Å². The summed E-state index contributed by atoms with van der Waals surface area (Å²) >= 11 is 1.29. The van der Waals surface area contributed by atoms with Crippen LogP contribution in [0.5, 0.6) is 5.75 Å². The number of para-hydroxylation sites is 1. The van der Waals surface area contributed by atoms with Crippen molar-refractivity contribution in [3.05, 3.63) is 90.3 Å². The first-order chi connectivity index (χ1) is 21.7. The number of hydrogen-bond acceptors (Lipinski definition) is 8. The number of anilines is 1. The molecule has 6 rings (SSSR count). The third-order valence-corrected chi connectivity index (χ3v) is 8.37. The minimum Gasteiger partial charge on any atom is -0.406 e. The van der Waals surface area contributed by atoms with Crippen molar-refractivity contribution in [3.8, 4) is 22.8 Å². The smallest absolute Gasteiger partial charge is 0.406 e. The van der Waals surface area contributed by atoms with E-state index in [0.29, 0.717) is 23.1 Å². The number of amidine groups is 1. The number of ether oxygens (including phenoxy) is 2. The minimum absolute atomic E-state index is 0.0716. The van der Waals surface area contributed by atoms with E-state index < -0.39 is 12.8 Å². The summed E-state index contributed by atoms with van der Waals surface area (Å²) in [5.74, 6) is 1.09. The van der Waals surface area contributed by atoms with Gasteiger partial charge in [-0.15, -0.1) is 18.3 Å². The Morgan fingerprint density at radius 2 is 1.78 bits per heavy atom. The van der Waals surface area contributed by atoms with Crippen molar-refractivity contribution in [1.29, 1.82) is 0 Å². The second-order valence-electron chi connectivity index (χ2n) is 10.7. The number of carbonyl (C=O) groups excluding carboxylic acids is 1. The topological polar surface area (TPSA) is 102 Å². The minimum atomic E-state index is -4.76. The standard InChI is InChI=1S/C32H30F3N5O4S/c33-32(34,35)44-26-15-13-25(14-16-26)39-20-36-29(38-39)24-11-8-22(9-12-24)17-18-43-31(42)37-30-40(28(41)19-45-30)27-4-2-1-3-23(27)10-7-21-5-6-21/h1-4,8-9,11-16,20-21,31,42H,5-7,10,17-19H2/b37-30-. The van der Waals surface area contributed by atoms with Gasteiger partial charge >= 0.3 is 6.36 Å². The molecule has 1 aromatic heterocycles. The quantitative estimate of drug-likeness (QED) is 0.186. The number of thioether (sulfide) groups is 1. The van der Waals surface area contributed by atoms with Crippen molar-refractivity contribution < 1.29 is 32.5 Å². The van der Waals surface area contributed by atoms with Crippen molar-refractivity contribution in [2.24, 2.45) is 10.9 Å². The van der Waals surface area contributed by atoms with Crippen LogP contribution in [0.4, 0.5) is 18.9 Å². The molecule has 1 amide bonds. The van der Waals surface area contributed by atoms with Gasteiger partial charge in [0.25, 0.3) is 6.41 Å². The zero-order valence-corrected chi connectivity index (χ0v) is 24.9. The fourth-order valence-corrected chi connectivity index (χ4v) is 5.83. The number of rotatable bonds is 12. The van der Waals surface area contributed by atoms with E-state index in [9.17, 15) is 23.1 Å². The lowest BCUT2D eigenvalue weighted by Crippen LogP contribution is -2.31. The lowest BCUT2D eigenvalue weighted by Gasteiger charge is -2.20. The first-order valence-corrected chi connectivity index (χ1v) is 15.5. The highest BCUT2D eigenvalue weighted by atomic mass is 32.2. The van der Waals surface area contributed by atoms with Crippen LogP contribution >= 0.6 is 11.8 Å². The average Bonchev–Trinajstić information content (AvgIpc) is 3.60. The monoisotopic (exact) mass is 637 g/mol. The Morgan fingerprint density at radius 1 is 1.02 bits per heavy atom. The van der Waals surface area contributed by atoms with Gasteiger partial charge in [0.2, 0.25) is 5.91 Å². The zero-order chi connectivity index (χ0) is 31.4. The Morgan fingerprint density at radius 3 is 2.51 bits per heavy atom. The predicted octanol–water partition coefficient (Wildman–Crippen LogP) is 6.15. The van der Waals surface area contributed by atoms with E-state index in [1.165, 1.54) is 59.9 Å². The average molecular weight is 638 g/mol. The third kappa shape index (κ3) is 8.10. The second kappa shape index (κ2) is 13.4. The van der Waals surface area contributed by atoms with Crippen molar-refractivity contribution in [1.82, 2.24) is 14.8 Å². The van der Waals surface area contributed by atoms with Gasteiger partial charge in [0.15, 0.2) is 11.0 Å². The number of aliphatic imine (C=N–C) groups is 1. The van der Waals surface area contributed by atoms with E-state index in [-0.39, 0.29) is 24.0 Å². The van der Waals surface area contributed by atoms with Crippen LogP contribution in [-0.4, -0.2) is 56.1 Å². The van der Waals surface area contributed by atoms with E-state index in [2.05, 4.69) is 19.8 Å². The summed E-state index contributed by atoms with van der Waals surface area (Å²) in [5, 5.41) is 15.4. The molecule has 234 valence electrons. The molecule has 1 aliphatic heterocycles. The number of aliphatic hydroxyl groups excluding tert-OH is 1. The summed E-state index contributed by atoms with van der Waals surface area (Å²) < 4.78 is 48.1. The van der Waals surface area contributed by atoms with Crippen LogP contribution < -0.4 is 9.64 Å².